The number of benzodiazepines with no additional fused rings is 1. The van der Waals surface area contributed by atoms with Gasteiger partial charge in [-0.2, -0.15) is 5.10 Å². The van der Waals surface area contributed by atoms with E-state index in [1.54, 1.807) is 48.5 Å². The lowest BCUT2D eigenvalue weighted by Crippen LogP contribution is -2.42. The first-order valence-electron chi connectivity index (χ1n) is 13.3. The highest BCUT2D eigenvalue weighted by atomic mass is 19.3. The molecule has 4 aromatic rings. The van der Waals surface area contributed by atoms with Crippen molar-refractivity contribution in [2.75, 3.05) is 11.9 Å². The van der Waals surface area contributed by atoms with Crippen molar-refractivity contribution in [1.82, 2.24) is 20.1 Å². The minimum atomic E-state index is -3.12. The number of pyridine rings is 1. The van der Waals surface area contributed by atoms with Gasteiger partial charge in [0.15, 0.2) is 6.61 Å². The summed E-state index contributed by atoms with van der Waals surface area (Å²) in [6.07, 6.45) is 0.188. The molecule has 0 bridgehead atoms. The number of halogens is 3. The third-order valence-corrected chi connectivity index (χ3v) is 7.04. The molecule has 1 atom stereocenters. The number of para-hydroxylation sites is 1. The SMILES string of the molecule is CCc1ccc(-c2nn3c(c2C(=O)N[C@H]2N=C(c4ccccc4)c4cccc(F)c4NC2=O)OCC(F)(F)CC3)cn1. The van der Waals surface area contributed by atoms with Gasteiger partial charge in [-0.15, -0.1) is 0 Å². The first-order chi connectivity index (χ1) is 20.2. The molecule has 0 unspecified atom stereocenters. The number of anilines is 1. The third kappa shape index (κ3) is 5.11. The molecule has 12 heteroatoms. The molecule has 42 heavy (non-hydrogen) atoms. The number of aliphatic imine (C=N–C) groups is 1. The van der Waals surface area contributed by atoms with E-state index in [0.29, 0.717) is 23.1 Å². The van der Waals surface area contributed by atoms with Crippen LogP contribution in [0, 0.1) is 5.82 Å². The van der Waals surface area contributed by atoms with Crippen molar-refractivity contribution in [1.29, 1.82) is 0 Å². The van der Waals surface area contributed by atoms with Crippen molar-refractivity contribution in [3.8, 4) is 17.1 Å². The van der Waals surface area contributed by atoms with Crippen LogP contribution in [0.2, 0.25) is 0 Å². The van der Waals surface area contributed by atoms with Gasteiger partial charge < -0.3 is 15.4 Å². The van der Waals surface area contributed by atoms with Crippen LogP contribution in [-0.4, -0.2) is 51.0 Å². The first-order valence-corrected chi connectivity index (χ1v) is 13.3. The van der Waals surface area contributed by atoms with Crippen LogP contribution in [0.15, 0.2) is 71.9 Å². The van der Waals surface area contributed by atoms with Gasteiger partial charge in [-0.25, -0.2) is 22.8 Å². The zero-order valence-electron chi connectivity index (χ0n) is 22.4. The van der Waals surface area contributed by atoms with Crippen LogP contribution in [0.5, 0.6) is 5.88 Å². The number of rotatable bonds is 5. The molecule has 2 N–H and O–H groups in total. The third-order valence-electron chi connectivity index (χ3n) is 7.04. The van der Waals surface area contributed by atoms with E-state index in [4.69, 9.17) is 4.74 Å². The molecule has 2 amide bonds. The molecule has 0 saturated heterocycles. The summed E-state index contributed by atoms with van der Waals surface area (Å²) in [7, 11) is 0. The topological polar surface area (TPSA) is 110 Å². The van der Waals surface area contributed by atoms with Crippen LogP contribution < -0.4 is 15.4 Å². The predicted octanol–water partition coefficient (Wildman–Crippen LogP) is 4.61. The second-order valence-corrected chi connectivity index (χ2v) is 9.91. The van der Waals surface area contributed by atoms with E-state index in [2.05, 4.69) is 25.7 Å². The van der Waals surface area contributed by atoms with Gasteiger partial charge in [-0.3, -0.25) is 14.6 Å². The Hall–Kier alpha value is -5.00. The van der Waals surface area contributed by atoms with E-state index in [0.717, 1.165) is 5.69 Å². The summed E-state index contributed by atoms with van der Waals surface area (Å²) in [6.45, 7) is 0.804. The molecule has 214 valence electrons. The number of aryl methyl sites for hydroxylation is 2. The summed E-state index contributed by atoms with van der Waals surface area (Å²) >= 11 is 0. The molecule has 2 aromatic carbocycles. The summed E-state index contributed by atoms with van der Waals surface area (Å²) in [5.74, 6) is -5.57. The van der Waals surface area contributed by atoms with Crippen LogP contribution in [0.3, 0.4) is 0 Å². The van der Waals surface area contributed by atoms with Gasteiger partial charge in [0.2, 0.25) is 12.0 Å². The smallest absolute Gasteiger partial charge is 0.283 e. The van der Waals surface area contributed by atoms with Gasteiger partial charge in [0.25, 0.3) is 17.7 Å². The number of fused-ring (bicyclic) bond motifs is 2. The standard InChI is InChI=1S/C30H25F3N6O3/c1-2-19-12-11-18(15-34-19)24-22(29-39(38-24)14-13-30(32,33)16-42-29)27(40)37-26-28(41)36-25-20(9-6-10-21(25)31)23(35-26)17-7-4-3-5-8-17/h3-12,15,26H,2,13-14,16H2,1H3,(H,36,41)(H,37,40)/t26-/m1/s1. The van der Waals surface area contributed by atoms with Crippen LogP contribution in [-0.2, 0) is 17.8 Å². The molecule has 0 saturated carbocycles. The van der Waals surface area contributed by atoms with Gasteiger partial charge in [0, 0.05) is 35.0 Å². The Morgan fingerprint density at radius 2 is 1.93 bits per heavy atom. The maximum absolute atomic E-state index is 14.9. The minimum Gasteiger partial charge on any atom is -0.471 e. The Balaban J connectivity index is 1.42. The molecule has 9 nitrogen and oxygen atoms in total. The molecule has 0 radical (unpaired) electrons. The van der Waals surface area contributed by atoms with Crippen LogP contribution in [0.1, 0.15) is 40.5 Å². The number of carbonyl (C=O) groups excluding carboxylic acids is 2. The summed E-state index contributed by atoms with van der Waals surface area (Å²) in [5.41, 5.74) is 2.40. The summed E-state index contributed by atoms with van der Waals surface area (Å²) in [5, 5.41) is 9.55. The number of nitrogens with zero attached hydrogens (tertiary/aromatic N) is 4. The van der Waals surface area contributed by atoms with E-state index in [9.17, 15) is 22.8 Å². The lowest BCUT2D eigenvalue weighted by molar-refractivity contribution is -0.117. The van der Waals surface area contributed by atoms with Crippen molar-refractivity contribution in [2.45, 2.75) is 38.4 Å². The number of benzene rings is 2. The average Bonchev–Trinajstić information content (AvgIpc) is 3.21. The first kappa shape index (κ1) is 27.2. The molecule has 2 aliphatic rings. The van der Waals surface area contributed by atoms with Crippen molar-refractivity contribution in [3.63, 3.8) is 0 Å². The number of ether oxygens (including phenoxy) is 1. The van der Waals surface area contributed by atoms with Crippen LogP contribution >= 0.6 is 0 Å². The van der Waals surface area contributed by atoms with Gasteiger partial charge in [-0.05, 0) is 24.6 Å². The number of nitrogens with one attached hydrogen (secondary N) is 2. The number of carbonyl (C=O) groups is 2. The van der Waals surface area contributed by atoms with Gasteiger partial charge in [-0.1, -0.05) is 49.4 Å². The van der Waals surface area contributed by atoms with Gasteiger partial charge in [0.05, 0.1) is 17.9 Å². The largest absolute Gasteiger partial charge is 0.471 e. The molecular weight excluding hydrogens is 549 g/mol. The minimum absolute atomic E-state index is 0.0744. The molecule has 0 spiro atoms. The maximum Gasteiger partial charge on any atom is 0.283 e. The highest BCUT2D eigenvalue weighted by molar-refractivity contribution is 6.20. The van der Waals surface area contributed by atoms with E-state index < -0.39 is 42.7 Å². The fraction of sp³-hybridized carbons (Fsp3) is 0.233. The quantitative estimate of drug-likeness (QED) is 0.362. The lowest BCUT2D eigenvalue weighted by Gasteiger charge is -2.15. The van der Waals surface area contributed by atoms with Crippen LogP contribution in [0.25, 0.3) is 11.3 Å². The number of hydrogen-bond donors (Lipinski definition) is 2. The van der Waals surface area contributed by atoms with E-state index in [1.807, 2.05) is 6.92 Å². The fourth-order valence-electron chi connectivity index (χ4n) is 4.86. The Labute approximate surface area is 238 Å². The molecule has 4 heterocycles. The molecule has 0 aliphatic carbocycles. The monoisotopic (exact) mass is 574 g/mol. The zero-order chi connectivity index (χ0) is 29.4. The summed E-state index contributed by atoms with van der Waals surface area (Å²) in [4.78, 5) is 36.1. The summed E-state index contributed by atoms with van der Waals surface area (Å²) < 4.78 is 49.9. The van der Waals surface area contributed by atoms with E-state index in [-0.39, 0.29) is 35.1 Å². The highest BCUT2D eigenvalue weighted by Crippen LogP contribution is 2.35. The maximum atomic E-state index is 14.9. The molecule has 0 fully saturated rings. The Bertz CT molecular complexity index is 1700. The second kappa shape index (κ2) is 10.8. The molecule has 6 rings (SSSR count). The van der Waals surface area contributed by atoms with Crippen molar-refractivity contribution in [2.24, 2.45) is 4.99 Å². The second-order valence-electron chi connectivity index (χ2n) is 9.91. The highest BCUT2D eigenvalue weighted by Gasteiger charge is 2.38. The molecular formula is C30H25F3N6O3. The van der Waals surface area contributed by atoms with Gasteiger partial charge in [0.1, 0.15) is 17.1 Å². The Kier molecular flexibility index (Phi) is 6.97. The lowest BCUT2D eigenvalue weighted by atomic mass is 10.0. The van der Waals surface area contributed by atoms with Crippen molar-refractivity contribution in [3.05, 3.63) is 95.1 Å². The zero-order valence-corrected chi connectivity index (χ0v) is 22.4. The number of aromatic nitrogens is 3. The number of hydrogen-bond acceptors (Lipinski definition) is 6. The normalized spacial score (nSPS) is 17.5. The van der Waals surface area contributed by atoms with Gasteiger partial charge >= 0.3 is 0 Å². The van der Waals surface area contributed by atoms with Crippen molar-refractivity contribution >= 4 is 23.2 Å². The summed E-state index contributed by atoms with van der Waals surface area (Å²) in [6, 6.07) is 16.7. The Morgan fingerprint density at radius 1 is 1.12 bits per heavy atom. The van der Waals surface area contributed by atoms with Crippen molar-refractivity contribution < 1.29 is 27.5 Å². The predicted molar refractivity (Wildman–Crippen MR) is 148 cm³/mol. The Morgan fingerprint density at radius 3 is 2.67 bits per heavy atom. The average molecular weight is 575 g/mol. The van der Waals surface area contributed by atoms with E-state index >= 15 is 0 Å². The number of alkyl halides is 2. The number of amides is 2. The molecule has 2 aliphatic heterocycles. The van der Waals surface area contributed by atoms with Crippen LogP contribution in [0.4, 0.5) is 18.9 Å². The fourth-order valence-corrected chi connectivity index (χ4v) is 4.86. The molecule has 2 aromatic heterocycles. The van der Waals surface area contributed by atoms with E-state index in [1.165, 1.54) is 23.0 Å².